The molecule has 1 amide bonds. The molecule has 1 aliphatic carbocycles. The Hall–Kier alpha value is -1.07. The van der Waals surface area contributed by atoms with E-state index in [-0.39, 0.29) is 17.9 Å². The van der Waals surface area contributed by atoms with Crippen LogP contribution in [0, 0.1) is 5.92 Å². The first-order valence-corrected chi connectivity index (χ1v) is 7.25. The SMILES string of the molecule is COc1ccc(CCNC(=O)C2CC(N)C2)cc1Br. The third-order valence-electron chi connectivity index (χ3n) is 3.47. The highest BCUT2D eigenvalue weighted by Crippen LogP contribution is 2.26. The van der Waals surface area contributed by atoms with Crippen molar-refractivity contribution in [2.75, 3.05) is 13.7 Å². The number of hydrogen-bond acceptors (Lipinski definition) is 3. The highest BCUT2D eigenvalue weighted by molar-refractivity contribution is 9.10. The molecule has 0 aliphatic heterocycles. The fraction of sp³-hybridized carbons (Fsp3) is 0.500. The number of hydrogen-bond donors (Lipinski definition) is 2. The average molecular weight is 327 g/mol. The summed E-state index contributed by atoms with van der Waals surface area (Å²) < 4.78 is 6.11. The van der Waals surface area contributed by atoms with Gasteiger partial charge < -0.3 is 15.8 Å². The predicted molar refractivity (Wildman–Crippen MR) is 78.1 cm³/mol. The molecule has 2 rings (SSSR count). The van der Waals surface area contributed by atoms with E-state index in [0.29, 0.717) is 6.54 Å². The van der Waals surface area contributed by atoms with Crippen molar-refractivity contribution in [3.05, 3.63) is 28.2 Å². The van der Waals surface area contributed by atoms with Crippen LogP contribution in [0.15, 0.2) is 22.7 Å². The molecule has 1 aromatic carbocycles. The van der Waals surface area contributed by atoms with Gasteiger partial charge in [-0.25, -0.2) is 0 Å². The van der Waals surface area contributed by atoms with E-state index in [0.717, 1.165) is 29.5 Å². The van der Waals surface area contributed by atoms with Gasteiger partial charge in [0, 0.05) is 18.5 Å². The molecule has 5 heteroatoms. The molecule has 0 spiro atoms. The van der Waals surface area contributed by atoms with Gasteiger partial charge in [0.25, 0.3) is 0 Å². The van der Waals surface area contributed by atoms with E-state index in [9.17, 15) is 4.79 Å². The van der Waals surface area contributed by atoms with Gasteiger partial charge in [-0.2, -0.15) is 0 Å². The summed E-state index contributed by atoms with van der Waals surface area (Å²) in [6, 6.07) is 6.17. The highest BCUT2D eigenvalue weighted by atomic mass is 79.9. The van der Waals surface area contributed by atoms with Gasteiger partial charge >= 0.3 is 0 Å². The molecule has 0 aromatic heterocycles. The number of nitrogens with two attached hydrogens (primary N) is 1. The third kappa shape index (κ3) is 3.70. The number of methoxy groups -OCH3 is 1. The molecule has 0 saturated heterocycles. The minimum Gasteiger partial charge on any atom is -0.496 e. The van der Waals surface area contributed by atoms with Gasteiger partial charge in [0.15, 0.2) is 0 Å². The lowest BCUT2D eigenvalue weighted by Crippen LogP contribution is -2.45. The fourth-order valence-electron chi connectivity index (χ4n) is 2.22. The third-order valence-corrected chi connectivity index (χ3v) is 4.09. The van der Waals surface area contributed by atoms with Gasteiger partial charge in [-0.3, -0.25) is 4.79 Å². The second-order valence-corrected chi connectivity index (χ2v) is 5.79. The van der Waals surface area contributed by atoms with E-state index >= 15 is 0 Å². The molecule has 104 valence electrons. The molecule has 1 aliphatic rings. The van der Waals surface area contributed by atoms with Gasteiger partial charge in [0.2, 0.25) is 5.91 Å². The van der Waals surface area contributed by atoms with Gasteiger partial charge in [0.05, 0.1) is 11.6 Å². The zero-order chi connectivity index (χ0) is 13.8. The number of carbonyl (C=O) groups excluding carboxylic acids is 1. The van der Waals surface area contributed by atoms with Crippen LogP contribution in [-0.2, 0) is 11.2 Å². The summed E-state index contributed by atoms with van der Waals surface area (Å²) in [5.74, 6) is 1.07. The minimum absolute atomic E-state index is 0.123. The van der Waals surface area contributed by atoms with Crippen molar-refractivity contribution in [3.63, 3.8) is 0 Å². The van der Waals surface area contributed by atoms with Crippen LogP contribution in [0.2, 0.25) is 0 Å². The molecule has 0 bridgehead atoms. The van der Waals surface area contributed by atoms with Crippen molar-refractivity contribution in [2.45, 2.75) is 25.3 Å². The van der Waals surface area contributed by atoms with Crippen LogP contribution in [0.3, 0.4) is 0 Å². The fourth-order valence-corrected chi connectivity index (χ4v) is 2.80. The molecule has 0 atom stereocenters. The monoisotopic (exact) mass is 326 g/mol. The second-order valence-electron chi connectivity index (χ2n) is 4.94. The second kappa shape index (κ2) is 6.39. The molecule has 1 fully saturated rings. The van der Waals surface area contributed by atoms with Gasteiger partial charge in [-0.1, -0.05) is 6.07 Å². The van der Waals surface area contributed by atoms with Crippen LogP contribution in [0.25, 0.3) is 0 Å². The average Bonchev–Trinajstić information content (AvgIpc) is 2.35. The summed E-state index contributed by atoms with van der Waals surface area (Å²) in [5.41, 5.74) is 6.84. The van der Waals surface area contributed by atoms with Crippen LogP contribution in [0.5, 0.6) is 5.75 Å². The number of halogens is 1. The lowest BCUT2D eigenvalue weighted by Gasteiger charge is -2.31. The quantitative estimate of drug-likeness (QED) is 0.868. The summed E-state index contributed by atoms with van der Waals surface area (Å²) in [5, 5.41) is 2.96. The number of carbonyl (C=O) groups is 1. The van der Waals surface area contributed by atoms with Crippen LogP contribution in [0.1, 0.15) is 18.4 Å². The predicted octanol–water partition coefficient (Wildman–Crippen LogP) is 1.85. The minimum atomic E-state index is 0.123. The Bertz CT molecular complexity index is 459. The Morgan fingerprint density at radius 3 is 2.84 bits per heavy atom. The Morgan fingerprint density at radius 1 is 1.53 bits per heavy atom. The van der Waals surface area contributed by atoms with Crippen molar-refractivity contribution >= 4 is 21.8 Å². The number of rotatable bonds is 5. The van der Waals surface area contributed by atoms with E-state index in [1.165, 1.54) is 5.56 Å². The molecule has 0 heterocycles. The standard InChI is InChI=1S/C14H19BrN2O2/c1-19-13-3-2-9(6-12(13)15)4-5-17-14(18)10-7-11(16)8-10/h2-3,6,10-11H,4-5,7-8,16H2,1H3,(H,17,18). The molecule has 4 nitrogen and oxygen atoms in total. The number of amides is 1. The van der Waals surface area contributed by atoms with E-state index in [4.69, 9.17) is 10.5 Å². The Labute approximate surface area is 121 Å². The van der Waals surface area contributed by atoms with E-state index in [1.54, 1.807) is 7.11 Å². The van der Waals surface area contributed by atoms with Crippen LogP contribution >= 0.6 is 15.9 Å². The summed E-state index contributed by atoms with van der Waals surface area (Å²) >= 11 is 3.45. The van der Waals surface area contributed by atoms with Gasteiger partial charge in [0.1, 0.15) is 5.75 Å². The van der Waals surface area contributed by atoms with E-state index < -0.39 is 0 Å². The molecule has 1 aromatic rings. The summed E-state index contributed by atoms with van der Waals surface area (Å²) in [6.07, 6.45) is 2.45. The van der Waals surface area contributed by atoms with Crippen molar-refractivity contribution in [1.29, 1.82) is 0 Å². The number of ether oxygens (including phenoxy) is 1. The van der Waals surface area contributed by atoms with Crippen molar-refractivity contribution in [3.8, 4) is 5.75 Å². The largest absolute Gasteiger partial charge is 0.496 e. The highest BCUT2D eigenvalue weighted by Gasteiger charge is 2.31. The zero-order valence-corrected chi connectivity index (χ0v) is 12.6. The lowest BCUT2D eigenvalue weighted by molar-refractivity contribution is -0.127. The van der Waals surface area contributed by atoms with Crippen LogP contribution < -0.4 is 15.8 Å². The maximum atomic E-state index is 11.7. The van der Waals surface area contributed by atoms with Crippen molar-refractivity contribution < 1.29 is 9.53 Å². The van der Waals surface area contributed by atoms with Gasteiger partial charge in [-0.05, 0) is 52.9 Å². The number of nitrogens with one attached hydrogen (secondary N) is 1. The summed E-state index contributed by atoms with van der Waals surface area (Å²) in [4.78, 5) is 11.7. The van der Waals surface area contributed by atoms with Crippen molar-refractivity contribution in [1.82, 2.24) is 5.32 Å². The van der Waals surface area contributed by atoms with Gasteiger partial charge in [-0.15, -0.1) is 0 Å². The zero-order valence-electron chi connectivity index (χ0n) is 11.0. The number of benzene rings is 1. The maximum absolute atomic E-state index is 11.7. The topological polar surface area (TPSA) is 64.3 Å². The molecule has 0 radical (unpaired) electrons. The van der Waals surface area contributed by atoms with Crippen LogP contribution in [0.4, 0.5) is 0 Å². The first kappa shape index (κ1) is 14.3. The molecule has 19 heavy (non-hydrogen) atoms. The molecule has 3 N–H and O–H groups in total. The Kier molecular flexibility index (Phi) is 4.82. The molecule has 1 saturated carbocycles. The smallest absolute Gasteiger partial charge is 0.223 e. The first-order chi connectivity index (χ1) is 9.10. The molecular weight excluding hydrogens is 308 g/mol. The summed E-state index contributed by atoms with van der Waals surface area (Å²) in [7, 11) is 1.64. The normalized spacial score (nSPS) is 21.6. The molecule has 0 unspecified atom stereocenters. The maximum Gasteiger partial charge on any atom is 0.223 e. The first-order valence-electron chi connectivity index (χ1n) is 6.46. The Morgan fingerprint density at radius 2 is 2.26 bits per heavy atom. The lowest BCUT2D eigenvalue weighted by atomic mass is 9.80. The van der Waals surface area contributed by atoms with E-state index in [2.05, 4.69) is 21.2 Å². The van der Waals surface area contributed by atoms with Crippen LogP contribution in [-0.4, -0.2) is 25.6 Å². The van der Waals surface area contributed by atoms with Crippen molar-refractivity contribution in [2.24, 2.45) is 11.7 Å². The Balaban J connectivity index is 1.76. The molecular formula is C14H19BrN2O2. The van der Waals surface area contributed by atoms with E-state index in [1.807, 2.05) is 18.2 Å². The summed E-state index contributed by atoms with van der Waals surface area (Å²) in [6.45, 7) is 0.656.